The third kappa shape index (κ3) is 4.15. The van der Waals surface area contributed by atoms with Crippen LogP contribution in [0.3, 0.4) is 0 Å². The molecule has 0 spiro atoms. The van der Waals surface area contributed by atoms with Crippen LogP contribution < -0.4 is 5.73 Å². The van der Waals surface area contributed by atoms with Gasteiger partial charge in [0.15, 0.2) is 0 Å². The third-order valence-electron chi connectivity index (χ3n) is 2.63. The van der Waals surface area contributed by atoms with Crippen molar-refractivity contribution in [2.75, 3.05) is 7.05 Å². The van der Waals surface area contributed by atoms with Crippen molar-refractivity contribution < 1.29 is 13.2 Å². The molecule has 1 rings (SSSR count). The fraction of sp³-hybridized carbons (Fsp3) is 0.500. The second-order valence-corrected chi connectivity index (χ2v) is 4.83. The molecule has 0 saturated carbocycles. The van der Waals surface area contributed by atoms with Gasteiger partial charge in [0.1, 0.15) is 6.04 Å². The summed E-state index contributed by atoms with van der Waals surface area (Å²) >= 11 is 5.79. The number of hydrogen-bond acceptors (Lipinski definition) is 2. The lowest BCUT2D eigenvalue weighted by Crippen LogP contribution is -2.53. The van der Waals surface area contributed by atoms with E-state index in [4.69, 9.17) is 17.3 Å². The van der Waals surface area contributed by atoms with Gasteiger partial charge in [0.05, 0.1) is 0 Å². The Hall–Kier alpha value is -0.780. The Balaban J connectivity index is 2.82. The second-order valence-electron chi connectivity index (χ2n) is 4.39. The van der Waals surface area contributed by atoms with Crippen molar-refractivity contribution in [3.05, 3.63) is 34.9 Å². The van der Waals surface area contributed by atoms with Crippen molar-refractivity contribution in [3.8, 4) is 0 Å². The molecular weight excluding hydrogens is 265 g/mol. The summed E-state index contributed by atoms with van der Waals surface area (Å²) in [5.74, 6) is 0. The maximum atomic E-state index is 12.9. The molecule has 0 heterocycles. The molecule has 0 aliphatic carbocycles. The summed E-state index contributed by atoms with van der Waals surface area (Å²) < 4.78 is 38.6. The molecule has 0 fully saturated rings. The normalized spacial score (nSPS) is 15.8. The predicted octanol–water partition coefficient (Wildman–Crippen LogP) is 3.05. The number of halogens is 4. The van der Waals surface area contributed by atoms with E-state index in [0.29, 0.717) is 5.02 Å². The second kappa shape index (κ2) is 5.91. The Morgan fingerprint density at radius 2 is 2.00 bits per heavy atom. The molecule has 2 unspecified atom stereocenters. The molecule has 2 N–H and O–H groups in total. The van der Waals surface area contributed by atoms with Crippen LogP contribution in [-0.4, -0.2) is 30.2 Å². The largest absolute Gasteiger partial charge is 0.405 e. The fourth-order valence-corrected chi connectivity index (χ4v) is 2.18. The Bertz CT molecular complexity index is 393. The van der Waals surface area contributed by atoms with Gasteiger partial charge in [-0.3, -0.25) is 4.90 Å². The van der Waals surface area contributed by atoms with E-state index in [9.17, 15) is 13.2 Å². The van der Waals surface area contributed by atoms with Crippen molar-refractivity contribution in [1.82, 2.24) is 4.90 Å². The van der Waals surface area contributed by atoms with Gasteiger partial charge in [0.25, 0.3) is 0 Å². The molecule has 0 aromatic heterocycles. The molecule has 1 aromatic carbocycles. The number of likely N-dealkylation sites (N-methyl/N-ethyl adjacent to an activating group) is 1. The van der Waals surface area contributed by atoms with E-state index in [2.05, 4.69) is 0 Å². The quantitative estimate of drug-likeness (QED) is 0.918. The van der Waals surface area contributed by atoms with Gasteiger partial charge in [-0.15, -0.1) is 0 Å². The zero-order valence-corrected chi connectivity index (χ0v) is 11.0. The highest BCUT2D eigenvalue weighted by Crippen LogP contribution is 2.27. The molecule has 0 saturated heterocycles. The van der Waals surface area contributed by atoms with Gasteiger partial charge < -0.3 is 5.73 Å². The summed E-state index contributed by atoms with van der Waals surface area (Å²) in [7, 11) is 1.41. The van der Waals surface area contributed by atoms with Crippen LogP contribution >= 0.6 is 11.6 Å². The summed E-state index contributed by atoms with van der Waals surface area (Å²) in [6.07, 6.45) is -4.35. The highest BCUT2D eigenvalue weighted by molar-refractivity contribution is 6.30. The van der Waals surface area contributed by atoms with E-state index < -0.39 is 18.3 Å². The van der Waals surface area contributed by atoms with Gasteiger partial charge in [-0.1, -0.05) is 23.7 Å². The van der Waals surface area contributed by atoms with Crippen LogP contribution in [0.2, 0.25) is 5.02 Å². The molecule has 18 heavy (non-hydrogen) atoms. The molecule has 0 bridgehead atoms. The first kappa shape index (κ1) is 15.3. The first-order valence-corrected chi connectivity index (χ1v) is 5.86. The van der Waals surface area contributed by atoms with Gasteiger partial charge >= 0.3 is 6.18 Å². The minimum absolute atomic E-state index is 0.145. The van der Waals surface area contributed by atoms with E-state index in [1.54, 1.807) is 24.3 Å². The number of alkyl halides is 3. The highest BCUT2D eigenvalue weighted by Gasteiger charge is 2.44. The van der Waals surface area contributed by atoms with Crippen molar-refractivity contribution in [1.29, 1.82) is 0 Å². The molecule has 0 radical (unpaired) electrons. The van der Waals surface area contributed by atoms with Gasteiger partial charge in [-0.05, 0) is 31.7 Å². The fourth-order valence-electron chi connectivity index (χ4n) is 1.97. The summed E-state index contributed by atoms with van der Waals surface area (Å²) in [5.41, 5.74) is 6.14. The predicted molar refractivity (Wildman–Crippen MR) is 66.4 cm³/mol. The standard InChI is InChI=1S/C12H16ClF3N2/c1-8(17)11(12(14,15)16)18(2)7-9-4-3-5-10(13)6-9/h3-6,8,11H,7,17H2,1-2H3. The van der Waals surface area contributed by atoms with Crippen LogP contribution in [0.5, 0.6) is 0 Å². The summed E-state index contributed by atoms with van der Waals surface area (Å²) in [6, 6.07) is 4.10. The van der Waals surface area contributed by atoms with Crippen LogP contribution in [-0.2, 0) is 6.54 Å². The van der Waals surface area contributed by atoms with Crippen LogP contribution in [0.15, 0.2) is 24.3 Å². The Morgan fingerprint density at radius 3 is 2.44 bits per heavy atom. The third-order valence-corrected chi connectivity index (χ3v) is 2.86. The van der Waals surface area contributed by atoms with E-state index in [1.807, 2.05) is 0 Å². The molecule has 0 aliphatic rings. The number of hydrogen-bond donors (Lipinski definition) is 1. The Kier molecular flexibility index (Phi) is 5.01. The van der Waals surface area contributed by atoms with Crippen molar-refractivity contribution in [3.63, 3.8) is 0 Å². The van der Waals surface area contributed by atoms with Crippen LogP contribution in [0.1, 0.15) is 12.5 Å². The maximum absolute atomic E-state index is 12.9. The van der Waals surface area contributed by atoms with Gasteiger partial charge in [-0.2, -0.15) is 13.2 Å². The number of nitrogens with two attached hydrogens (primary N) is 1. The zero-order valence-electron chi connectivity index (χ0n) is 10.2. The summed E-state index contributed by atoms with van der Waals surface area (Å²) in [6.45, 7) is 1.50. The lowest BCUT2D eigenvalue weighted by Gasteiger charge is -2.32. The number of benzene rings is 1. The Labute approximate surface area is 110 Å². The minimum atomic E-state index is -4.35. The molecule has 1 aromatic rings. The summed E-state index contributed by atoms with van der Waals surface area (Å²) in [4.78, 5) is 1.19. The van der Waals surface area contributed by atoms with Crippen molar-refractivity contribution in [2.45, 2.75) is 31.7 Å². The number of rotatable bonds is 4. The molecule has 2 nitrogen and oxygen atoms in total. The first-order chi connectivity index (χ1) is 8.21. The highest BCUT2D eigenvalue weighted by atomic mass is 35.5. The molecule has 102 valence electrons. The van der Waals surface area contributed by atoms with E-state index >= 15 is 0 Å². The van der Waals surface area contributed by atoms with Gasteiger partial charge in [0, 0.05) is 17.6 Å². The lowest BCUT2D eigenvalue weighted by molar-refractivity contribution is -0.186. The average molecular weight is 281 g/mol. The van der Waals surface area contributed by atoms with Crippen molar-refractivity contribution >= 4 is 11.6 Å². The van der Waals surface area contributed by atoms with Crippen LogP contribution in [0, 0.1) is 0 Å². The monoisotopic (exact) mass is 280 g/mol. The molecule has 0 aliphatic heterocycles. The topological polar surface area (TPSA) is 29.3 Å². The van der Waals surface area contributed by atoms with Gasteiger partial charge in [0.2, 0.25) is 0 Å². The first-order valence-electron chi connectivity index (χ1n) is 5.49. The number of nitrogens with zero attached hydrogens (tertiary/aromatic N) is 1. The average Bonchev–Trinajstić information content (AvgIpc) is 2.13. The van der Waals surface area contributed by atoms with Crippen LogP contribution in [0.4, 0.5) is 13.2 Å². The molecule has 2 atom stereocenters. The SMILES string of the molecule is CC(N)C(N(C)Cc1cccc(Cl)c1)C(F)(F)F. The zero-order chi connectivity index (χ0) is 13.9. The van der Waals surface area contributed by atoms with E-state index in [1.165, 1.54) is 18.9 Å². The Morgan fingerprint density at radius 1 is 1.39 bits per heavy atom. The summed E-state index contributed by atoms with van der Waals surface area (Å²) in [5, 5.41) is 0.505. The van der Waals surface area contributed by atoms with Gasteiger partial charge in [-0.25, -0.2) is 0 Å². The lowest BCUT2D eigenvalue weighted by atomic mass is 10.1. The molecule has 0 amide bonds. The van der Waals surface area contributed by atoms with Crippen LogP contribution in [0.25, 0.3) is 0 Å². The smallest absolute Gasteiger partial charge is 0.326 e. The van der Waals surface area contributed by atoms with E-state index in [-0.39, 0.29) is 6.54 Å². The maximum Gasteiger partial charge on any atom is 0.405 e. The molecule has 6 heteroatoms. The van der Waals surface area contributed by atoms with E-state index in [0.717, 1.165) is 5.56 Å². The minimum Gasteiger partial charge on any atom is -0.326 e. The molecular formula is C12H16ClF3N2. The van der Waals surface area contributed by atoms with Crippen molar-refractivity contribution in [2.24, 2.45) is 5.73 Å².